The van der Waals surface area contributed by atoms with Crippen LogP contribution in [0.3, 0.4) is 0 Å². The summed E-state index contributed by atoms with van der Waals surface area (Å²) < 4.78 is 5.97. The van der Waals surface area contributed by atoms with Crippen LogP contribution >= 0.6 is 0 Å². The summed E-state index contributed by atoms with van der Waals surface area (Å²) in [7, 11) is 0. The number of ether oxygens (including phenoxy) is 1. The highest BCUT2D eigenvalue weighted by Crippen LogP contribution is 2.39. The number of allylic oxidation sites excluding steroid dienone is 1. The molecule has 3 aromatic rings. The summed E-state index contributed by atoms with van der Waals surface area (Å²) in [5.74, 6) is 0.277. The van der Waals surface area contributed by atoms with Crippen molar-refractivity contribution in [3.8, 4) is 5.75 Å². The molecule has 0 spiro atoms. The molecule has 1 aliphatic rings. The van der Waals surface area contributed by atoms with Crippen LogP contribution in [-0.4, -0.2) is 22.2 Å². The quantitative estimate of drug-likeness (QED) is 0.611. The Balaban J connectivity index is 1.94. The Labute approximate surface area is 170 Å². The lowest BCUT2D eigenvalue weighted by Gasteiger charge is -2.26. The number of pyridine rings is 1. The van der Waals surface area contributed by atoms with Gasteiger partial charge in [0.1, 0.15) is 5.75 Å². The van der Waals surface area contributed by atoms with Crippen molar-refractivity contribution in [1.29, 1.82) is 0 Å². The monoisotopic (exact) mass is 387 g/mol. The second-order valence-electron chi connectivity index (χ2n) is 8.02. The molecule has 1 atom stereocenters. The molecule has 148 valence electrons. The number of para-hydroxylation sites is 2. The van der Waals surface area contributed by atoms with Crippen molar-refractivity contribution in [2.45, 2.75) is 39.7 Å². The van der Waals surface area contributed by atoms with E-state index >= 15 is 0 Å². The van der Waals surface area contributed by atoms with E-state index in [4.69, 9.17) is 9.72 Å². The maximum absolute atomic E-state index is 12.2. The Kier molecular flexibility index (Phi) is 5.10. The molecule has 4 heteroatoms. The smallest absolute Gasteiger partial charge is 0.336 e. The highest BCUT2D eigenvalue weighted by Gasteiger charge is 2.28. The van der Waals surface area contributed by atoms with Crippen LogP contribution in [0.4, 0.5) is 0 Å². The van der Waals surface area contributed by atoms with Crippen LogP contribution in [0.1, 0.15) is 54.4 Å². The molecular weight excluding hydrogens is 362 g/mol. The van der Waals surface area contributed by atoms with Crippen molar-refractivity contribution >= 4 is 28.5 Å². The van der Waals surface area contributed by atoms with Gasteiger partial charge in [-0.15, -0.1) is 0 Å². The van der Waals surface area contributed by atoms with Crippen molar-refractivity contribution in [2.24, 2.45) is 5.92 Å². The largest absolute Gasteiger partial charge is 0.490 e. The van der Waals surface area contributed by atoms with Crippen LogP contribution in [0.2, 0.25) is 0 Å². The number of carbonyl (C=O) groups is 1. The Hall–Kier alpha value is -3.14. The second-order valence-corrected chi connectivity index (χ2v) is 8.02. The van der Waals surface area contributed by atoms with Gasteiger partial charge in [-0.05, 0) is 62.0 Å². The maximum atomic E-state index is 12.2. The zero-order valence-corrected chi connectivity index (χ0v) is 17.0. The van der Waals surface area contributed by atoms with E-state index in [2.05, 4.69) is 13.0 Å². The number of aromatic nitrogens is 1. The summed E-state index contributed by atoms with van der Waals surface area (Å²) in [6.45, 7) is 6.18. The molecule has 0 fully saturated rings. The molecule has 0 amide bonds. The van der Waals surface area contributed by atoms with E-state index in [1.165, 1.54) is 0 Å². The average Bonchev–Trinajstić information content (AvgIpc) is 2.67. The molecule has 0 radical (unpaired) electrons. The van der Waals surface area contributed by atoms with Gasteiger partial charge in [-0.3, -0.25) is 0 Å². The number of hydrogen-bond acceptors (Lipinski definition) is 3. The Morgan fingerprint density at radius 3 is 2.62 bits per heavy atom. The van der Waals surface area contributed by atoms with Gasteiger partial charge in [0.25, 0.3) is 0 Å². The van der Waals surface area contributed by atoms with Crippen molar-refractivity contribution in [3.63, 3.8) is 0 Å². The molecule has 0 bridgehead atoms. The standard InChI is InChI=1S/C25H25NO3/c1-15(2)29-22-11-7-4-8-17(22)14-18-12-16(3)13-20-23(25(27)28)19-9-5-6-10-21(19)26-24(18)20/h4-11,14-16H,12-13H2,1-3H3,(H,27,28)/b18-14+/t16-/m0/s1. The highest BCUT2D eigenvalue weighted by molar-refractivity contribution is 6.06. The third kappa shape index (κ3) is 3.75. The molecule has 0 unspecified atom stereocenters. The molecule has 4 rings (SSSR count). The van der Waals surface area contributed by atoms with Gasteiger partial charge in [-0.25, -0.2) is 9.78 Å². The predicted molar refractivity (Wildman–Crippen MR) is 116 cm³/mol. The fraction of sp³-hybridized carbons (Fsp3) is 0.280. The summed E-state index contributed by atoms with van der Waals surface area (Å²) in [6.07, 6.45) is 3.76. The number of hydrogen-bond donors (Lipinski definition) is 1. The first-order chi connectivity index (χ1) is 13.9. The Morgan fingerprint density at radius 2 is 1.86 bits per heavy atom. The minimum absolute atomic E-state index is 0.0767. The maximum Gasteiger partial charge on any atom is 0.336 e. The zero-order chi connectivity index (χ0) is 20.5. The normalized spacial score (nSPS) is 17.5. The van der Waals surface area contributed by atoms with Crippen molar-refractivity contribution in [2.75, 3.05) is 0 Å². The number of nitrogens with zero attached hydrogens (tertiary/aromatic N) is 1. The molecule has 0 saturated heterocycles. The highest BCUT2D eigenvalue weighted by atomic mass is 16.5. The number of carboxylic acids is 1. The third-order valence-electron chi connectivity index (χ3n) is 5.24. The van der Waals surface area contributed by atoms with Gasteiger partial charge < -0.3 is 9.84 Å². The van der Waals surface area contributed by atoms with Crippen LogP contribution in [0.5, 0.6) is 5.75 Å². The first-order valence-electron chi connectivity index (χ1n) is 10.1. The van der Waals surface area contributed by atoms with E-state index in [-0.39, 0.29) is 6.10 Å². The van der Waals surface area contributed by atoms with Crippen LogP contribution < -0.4 is 4.74 Å². The molecule has 4 nitrogen and oxygen atoms in total. The van der Waals surface area contributed by atoms with Gasteiger partial charge in [0.15, 0.2) is 0 Å². The topological polar surface area (TPSA) is 59.4 Å². The molecule has 1 aliphatic carbocycles. The van der Waals surface area contributed by atoms with Gasteiger partial charge in [-0.1, -0.05) is 43.3 Å². The number of aromatic carboxylic acids is 1. The molecule has 2 aromatic carbocycles. The lowest BCUT2D eigenvalue weighted by molar-refractivity contribution is 0.0697. The molecular formula is C25H25NO3. The minimum Gasteiger partial charge on any atom is -0.490 e. The number of rotatable bonds is 4. The fourth-order valence-corrected chi connectivity index (χ4v) is 4.13. The third-order valence-corrected chi connectivity index (χ3v) is 5.24. The lowest BCUT2D eigenvalue weighted by Crippen LogP contribution is -2.17. The lowest BCUT2D eigenvalue weighted by atomic mass is 9.80. The van der Waals surface area contributed by atoms with Crippen molar-refractivity contribution in [1.82, 2.24) is 4.98 Å². The van der Waals surface area contributed by atoms with E-state index in [0.717, 1.165) is 46.5 Å². The van der Waals surface area contributed by atoms with E-state index < -0.39 is 5.97 Å². The molecule has 1 heterocycles. The summed E-state index contributed by atoms with van der Waals surface area (Å²) in [6, 6.07) is 15.4. The molecule has 0 aliphatic heterocycles. The summed E-state index contributed by atoms with van der Waals surface area (Å²) in [5.41, 5.74) is 4.79. The average molecular weight is 387 g/mol. The van der Waals surface area contributed by atoms with Crippen LogP contribution in [0.25, 0.3) is 22.6 Å². The summed E-state index contributed by atoms with van der Waals surface area (Å²) in [4.78, 5) is 17.1. The van der Waals surface area contributed by atoms with E-state index in [1.54, 1.807) is 0 Å². The molecule has 1 aromatic heterocycles. The van der Waals surface area contributed by atoms with Gasteiger partial charge in [0.2, 0.25) is 0 Å². The van der Waals surface area contributed by atoms with Crippen molar-refractivity contribution < 1.29 is 14.6 Å². The molecule has 29 heavy (non-hydrogen) atoms. The van der Waals surface area contributed by atoms with Crippen LogP contribution in [-0.2, 0) is 6.42 Å². The van der Waals surface area contributed by atoms with Crippen molar-refractivity contribution in [3.05, 3.63) is 70.9 Å². The zero-order valence-electron chi connectivity index (χ0n) is 17.0. The second kappa shape index (κ2) is 7.70. The van der Waals surface area contributed by atoms with E-state index in [9.17, 15) is 9.90 Å². The number of benzene rings is 2. The fourth-order valence-electron chi connectivity index (χ4n) is 4.13. The molecule has 0 saturated carbocycles. The first-order valence-corrected chi connectivity index (χ1v) is 10.1. The van der Waals surface area contributed by atoms with Crippen LogP contribution in [0, 0.1) is 5.92 Å². The minimum atomic E-state index is -0.892. The Bertz CT molecular complexity index is 1110. The van der Waals surface area contributed by atoms with Gasteiger partial charge in [0, 0.05) is 10.9 Å². The number of carboxylic acid groups (broad SMARTS) is 1. The van der Waals surface area contributed by atoms with Gasteiger partial charge in [-0.2, -0.15) is 0 Å². The summed E-state index contributed by atoms with van der Waals surface area (Å²) in [5, 5.41) is 10.7. The van der Waals surface area contributed by atoms with E-state index in [0.29, 0.717) is 16.9 Å². The van der Waals surface area contributed by atoms with Gasteiger partial charge >= 0.3 is 5.97 Å². The van der Waals surface area contributed by atoms with E-state index in [1.807, 2.05) is 62.4 Å². The van der Waals surface area contributed by atoms with Gasteiger partial charge in [0.05, 0.1) is 22.9 Å². The first kappa shape index (κ1) is 19.2. The SMILES string of the molecule is CC(C)Oc1ccccc1/C=C1\C[C@H](C)Cc2c1nc1ccccc1c2C(=O)O. The molecule has 1 N–H and O–H groups in total. The number of fused-ring (bicyclic) bond motifs is 2. The predicted octanol–water partition coefficient (Wildman–Crippen LogP) is 5.84. The summed E-state index contributed by atoms with van der Waals surface area (Å²) >= 11 is 0. The van der Waals surface area contributed by atoms with Crippen LogP contribution in [0.15, 0.2) is 48.5 Å². The Morgan fingerprint density at radius 1 is 1.14 bits per heavy atom.